The molecule has 0 aliphatic carbocycles. The summed E-state index contributed by atoms with van der Waals surface area (Å²) in [6, 6.07) is 6.01. The van der Waals surface area contributed by atoms with E-state index in [1.807, 2.05) is 32.9 Å². The SMILES string of the molecule is CCC[C@](C)(OC)[C@H](NS(=O)c1ccc(C)cc1)[C@H]1C=CC(=O)N1C(=O)OC(C)(C)C. The van der Waals surface area contributed by atoms with E-state index in [4.69, 9.17) is 9.47 Å². The average Bonchev–Trinajstić information content (AvgIpc) is 3.06. The standard InChI is InChI=1S/C23H34N2O5S/c1-8-15-23(6,29-7)20(24-31(28)17-11-9-16(2)10-12-17)18-13-14-19(26)25(18)21(27)30-22(3,4)5/h9-14,18,20,24H,8,15H2,1-7H3/t18-,20-,23+,31?/m1/s1. The Balaban J connectivity index is 2.42. The monoisotopic (exact) mass is 450 g/mol. The largest absolute Gasteiger partial charge is 0.443 e. The van der Waals surface area contributed by atoms with Crippen LogP contribution in [0.25, 0.3) is 0 Å². The smallest absolute Gasteiger partial charge is 0.417 e. The second-order valence-electron chi connectivity index (χ2n) is 8.98. The van der Waals surface area contributed by atoms with E-state index in [1.165, 1.54) is 6.08 Å². The van der Waals surface area contributed by atoms with Crippen LogP contribution in [0.15, 0.2) is 41.3 Å². The van der Waals surface area contributed by atoms with Crippen molar-refractivity contribution in [2.24, 2.45) is 0 Å². The van der Waals surface area contributed by atoms with Crippen molar-refractivity contribution in [2.75, 3.05) is 7.11 Å². The lowest BCUT2D eigenvalue weighted by Gasteiger charge is -2.42. The highest BCUT2D eigenvalue weighted by atomic mass is 32.2. The van der Waals surface area contributed by atoms with E-state index in [2.05, 4.69) is 4.72 Å². The zero-order valence-corrected chi connectivity index (χ0v) is 20.2. The van der Waals surface area contributed by atoms with Crippen LogP contribution in [-0.2, 0) is 25.3 Å². The Hall–Kier alpha value is -2.03. The molecule has 0 aromatic heterocycles. The van der Waals surface area contributed by atoms with Gasteiger partial charge in [-0.15, -0.1) is 0 Å². The number of rotatable bonds is 8. The quantitative estimate of drug-likeness (QED) is 0.650. The van der Waals surface area contributed by atoms with E-state index < -0.39 is 46.3 Å². The van der Waals surface area contributed by atoms with E-state index in [1.54, 1.807) is 46.1 Å². The minimum absolute atomic E-state index is 0.470. The van der Waals surface area contributed by atoms with Crippen molar-refractivity contribution < 1.29 is 23.3 Å². The number of amides is 2. The molecule has 0 saturated heterocycles. The molecule has 1 aromatic carbocycles. The maximum Gasteiger partial charge on any atom is 0.417 e. The third-order valence-electron chi connectivity index (χ3n) is 5.24. The number of hydrogen-bond donors (Lipinski definition) is 1. The molecule has 0 saturated carbocycles. The first-order valence-electron chi connectivity index (χ1n) is 10.5. The Kier molecular flexibility index (Phi) is 8.19. The zero-order valence-electron chi connectivity index (χ0n) is 19.4. The van der Waals surface area contributed by atoms with Gasteiger partial charge in [0.25, 0.3) is 5.91 Å². The summed E-state index contributed by atoms with van der Waals surface area (Å²) >= 11 is 0. The fourth-order valence-electron chi connectivity index (χ4n) is 3.56. The number of methoxy groups -OCH3 is 1. The summed E-state index contributed by atoms with van der Waals surface area (Å²) in [6.07, 6.45) is 3.68. The number of nitrogens with zero attached hydrogens (tertiary/aromatic N) is 1. The fraction of sp³-hybridized carbons (Fsp3) is 0.565. The van der Waals surface area contributed by atoms with Crippen LogP contribution >= 0.6 is 0 Å². The molecular formula is C23H34N2O5S. The van der Waals surface area contributed by atoms with Crippen LogP contribution in [-0.4, -0.2) is 51.5 Å². The first-order valence-corrected chi connectivity index (χ1v) is 11.6. The van der Waals surface area contributed by atoms with Crippen molar-refractivity contribution >= 4 is 23.0 Å². The summed E-state index contributed by atoms with van der Waals surface area (Å²) < 4.78 is 27.6. The number of carbonyl (C=O) groups is 2. The fourth-order valence-corrected chi connectivity index (χ4v) is 4.70. The Labute approximate surface area is 187 Å². The maximum atomic E-state index is 13.2. The van der Waals surface area contributed by atoms with Crippen LogP contribution in [0.2, 0.25) is 0 Å². The van der Waals surface area contributed by atoms with Crippen LogP contribution < -0.4 is 4.72 Å². The predicted molar refractivity (Wildman–Crippen MR) is 121 cm³/mol. The highest BCUT2D eigenvalue weighted by Gasteiger charge is 2.47. The number of nitrogens with one attached hydrogen (secondary N) is 1. The predicted octanol–water partition coefficient (Wildman–Crippen LogP) is 3.88. The summed E-state index contributed by atoms with van der Waals surface area (Å²) in [6.45, 7) is 11.1. The minimum Gasteiger partial charge on any atom is -0.443 e. The van der Waals surface area contributed by atoms with Gasteiger partial charge in [-0.05, 0) is 53.2 Å². The van der Waals surface area contributed by atoms with E-state index in [9.17, 15) is 13.8 Å². The van der Waals surface area contributed by atoms with Gasteiger partial charge in [0.2, 0.25) is 0 Å². The molecule has 31 heavy (non-hydrogen) atoms. The van der Waals surface area contributed by atoms with E-state index in [-0.39, 0.29) is 0 Å². The van der Waals surface area contributed by atoms with Gasteiger partial charge in [0, 0.05) is 13.2 Å². The molecular weight excluding hydrogens is 416 g/mol. The van der Waals surface area contributed by atoms with Gasteiger partial charge < -0.3 is 9.47 Å². The van der Waals surface area contributed by atoms with Crippen molar-refractivity contribution in [3.8, 4) is 0 Å². The molecule has 2 rings (SSSR count). The lowest BCUT2D eigenvalue weighted by molar-refractivity contribution is -0.127. The molecule has 0 fully saturated rings. The van der Waals surface area contributed by atoms with Crippen molar-refractivity contribution in [3.63, 3.8) is 0 Å². The van der Waals surface area contributed by atoms with Gasteiger partial charge in [-0.3, -0.25) is 4.79 Å². The van der Waals surface area contributed by atoms with Crippen molar-refractivity contribution in [1.29, 1.82) is 0 Å². The number of benzene rings is 1. The van der Waals surface area contributed by atoms with Gasteiger partial charge in [0.1, 0.15) is 16.6 Å². The molecule has 0 spiro atoms. The molecule has 1 heterocycles. The summed E-state index contributed by atoms with van der Waals surface area (Å²) in [5.74, 6) is -0.470. The molecule has 8 heteroatoms. The molecule has 0 radical (unpaired) electrons. The Morgan fingerprint density at radius 3 is 2.35 bits per heavy atom. The van der Waals surface area contributed by atoms with Crippen LogP contribution in [0.5, 0.6) is 0 Å². The lowest BCUT2D eigenvalue weighted by Crippen LogP contribution is -2.61. The number of carbonyl (C=O) groups excluding carboxylic acids is 2. The number of ether oxygens (including phenoxy) is 2. The second kappa shape index (κ2) is 10.1. The Bertz CT molecular complexity index is 847. The second-order valence-corrected chi connectivity index (χ2v) is 10.2. The van der Waals surface area contributed by atoms with Crippen LogP contribution in [0, 0.1) is 6.92 Å². The molecule has 1 aliphatic rings. The molecule has 1 unspecified atom stereocenters. The normalized spacial score (nSPS) is 20.4. The molecule has 1 aliphatic heterocycles. The third-order valence-corrected chi connectivity index (χ3v) is 6.41. The Morgan fingerprint density at radius 1 is 1.23 bits per heavy atom. The Morgan fingerprint density at radius 2 is 1.84 bits per heavy atom. The topological polar surface area (TPSA) is 84.9 Å². The molecule has 1 aromatic rings. The lowest BCUT2D eigenvalue weighted by atomic mass is 9.86. The number of hydrogen-bond acceptors (Lipinski definition) is 5. The summed E-state index contributed by atoms with van der Waals surface area (Å²) in [5, 5.41) is 0. The van der Waals surface area contributed by atoms with Gasteiger partial charge in [-0.25, -0.2) is 18.6 Å². The van der Waals surface area contributed by atoms with Gasteiger partial charge in [0.15, 0.2) is 0 Å². The van der Waals surface area contributed by atoms with Gasteiger partial charge in [0.05, 0.1) is 22.6 Å². The van der Waals surface area contributed by atoms with Crippen molar-refractivity contribution in [2.45, 2.75) is 82.6 Å². The minimum atomic E-state index is -1.58. The van der Waals surface area contributed by atoms with E-state index >= 15 is 0 Å². The van der Waals surface area contributed by atoms with Gasteiger partial charge in [-0.1, -0.05) is 37.1 Å². The molecule has 4 atom stereocenters. The molecule has 0 bridgehead atoms. The summed E-state index contributed by atoms with van der Waals surface area (Å²) in [4.78, 5) is 27.1. The van der Waals surface area contributed by atoms with Crippen LogP contribution in [0.4, 0.5) is 4.79 Å². The number of aryl methyl sites for hydroxylation is 1. The van der Waals surface area contributed by atoms with E-state index in [0.29, 0.717) is 11.3 Å². The summed E-state index contributed by atoms with van der Waals surface area (Å²) in [7, 11) is -0.00105. The highest BCUT2D eigenvalue weighted by molar-refractivity contribution is 7.83. The van der Waals surface area contributed by atoms with Crippen molar-refractivity contribution in [3.05, 3.63) is 42.0 Å². The molecule has 172 valence electrons. The van der Waals surface area contributed by atoms with Crippen molar-refractivity contribution in [1.82, 2.24) is 9.62 Å². The van der Waals surface area contributed by atoms with Crippen LogP contribution in [0.1, 0.15) is 53.0 Å². The van der Waals surface area contributed by atoms with Gasteiger partial charge in [-0.2, -0.15) is 0 Å². The zero-order chi connectivity index (χ0) is 23.4. The highest BCUT2D eigenvalue weighted by Crippen LogP contribution is 2.30. The van der Waals surface area contributed by atoms with E-state index in [0.717, 1.165) is 16.9 Å². The summed E-state index contributed by atoms with van der Waals surface area (Å²) in [5.41, 5.74) is -0.494. The first kappa shape index (κ1) is 25.2. The average molecular weight is 451 g/mol. The molecule has 2 amide bonds. The van der Waals surface area contributed by atoms with Crippen LogP contribution in [0.3, 0.4) is 0 Å². The number of imide groups is 1. The van der Waals surface area contributed by atoms with Gasteiger partial charge >= 0.3 is 6.09 Å². The first-order chi connectivity index (χ1) is 14.4. The molecule has 7 nitrogen and oxygen atoms in total. The third kappa shape index (κ3) is 6.24. The maximum absolute atomic E-state index is 13.2. The molecule has 1 N–H and O–H groups in total.